The van der Waals surface area contributed by atoms with E-state index < -0.39 is 0 Å². The molecule has 0 aromatic carbocycles. The summed E-state index contributed by atoms with van der Waals surface area (Å²) < 4.78 is 0. The van der Waals surface area contributed by atoms with E-state index in [4.69, 9.17) is 0 Å². The molecule has 2 rings (SSSR count). The fourth-order valence-electron chi connectivity index (χ4n) is 3.28. The first-order valence-electron chi connectivity index (χ1n) is 7.32. The topological polar surface area (TPSA) is 18.5 Å². The van der Waals surface area contributed by atoms with Crippen LogP contribution in [0, 0.1) is 0 Å². The van der Waals surface area contributed by atoms with E-state index >= 15 is 0 Å². The van der Waals surface area contributed by atoms with Crippen molar-refractivity contribution in [3.05, 3.63) is 0 Å². The fraction of sp³-hybridized carbons (Fsp3) is 1.00. The van der Waals surface area contributed by atoms with Crippen molar-refractivity contribution in [1.82, 2.24) is 15.1 Å². The summed E-state index contributed by atoms with van der Waals surface area (Å²) in [5, 5.41) is 3.66. The molecule has 2 heterocycles. The van der Waals surface area contributed by atoms with Crippen molar-refractivity contribution in [2.24, 2.45) is 0 Å². The molecule has 0 saturated carbocycles. The van der Waals surface area contributed by atoms with Gasteiger partial charge < -0.3 is 10.2 Å². The molecule has 1 unspecified atom stereocenters. The van der Waals surface area contributed by atoms with Crippen LogP contribution in [0.25, 0.3) is 0 Å². The maximum atomic E-state index is 3.66. The van der Waals surface area contributed by atoms with Gasteiger partial charge in [-0.25, -0.2) is 0 Å². The Labute approximate surface area is 107 Å². The van der Waals surface area contributed by atoms with Crippen molar-refractivity contribution in [3.63, 3.8) is 0 Å². The molecule has 2 aliphatic heterocycles. The molecular formula is C14H29N3. The molecule has 3 heteroatoms. The van der Waals surface area contributed by atoms with E-state index in [0.717, 1.165) is 6.04 Å². The van der Waals surface area contributed by atoms with Crippen molar-refractivity contribution in [2.45, 2.75) is 51.6 Å². The summed E-state index contributed by atoms with van der Waals surface area (Å²) in [7, 11) is 0. The van der Waals surface area contributed by atoms with Gasteiger partial charge in [-0.1, -0.05) is 6.92 Å². The molecule has 0 bridgehead atoms. The Bertz CT molecular complexity index is 240. The molecule has 0 radical (unpaired) electrons. The molecule has 100 valence electrons. The van der Waals surface area contributed by atoms with Gasteiger partial charge in [-0.15, -0.1) is 0 Å². The first kappa shape index (κ1) is 13.3. The second kappa shape index (κ2) is 5.68. The molecule has 2 aliphatic rings. The summed E-state index contributed by atoms with van der Waals surface area (Å²) in [4.78, 5) is 5.35. The van der Waals surface area contributed by atoms with Gasteiger partial charge in [0, 0.05) is 24.7 Å². The molecule has 0 aromatic rings. The van der Waals surface area contributed by atoms with Crippen molar-refractivity contribution >= 4 is 0 Å². The molecule has 1 N–H and O–H groups in total. The Kier molecular flexibility index (Phi) is 4.45. The van der Waals surface area contributed by atoms with Gasteiger partial charge in [-0.3, -0.25) is 4.90 Å². The largest absolute Gasteiger partial charge is 0.310 e. The first-order chi connectivity index (χ1) is 8.11. The summed E-state index contributed by atoms with van der Waals surface area (Å²) in [6.45, 7) is 14.4. The number of likely N-dealkylation sites (N-methyl/N-ethyl adjacent to an activating group) is 1. The van der Waals surface area contributed by atoms with Crippen molar-refractivity contribution < 1.29 is 0 Å². The predicted octanol–water partition coefficient (Wildman–Crippen LogP) is 1.54. The molecule has 0 amide bonds. The van der Waals surface area contributed by atoms with Gasteiger partial charge in [-0.2, -0.15) is 0 Å². The third-order valence-electron chi connectivity index (χ3n) is 4.27. The van der Waals surface area contributed by atoms with Crippen LogP contribution in [0.1, 0.15) is 40.0 Å². The van der Waals surface area contributed by atoms with E-state index in [9.17, 15) is 0 Å². The minimum Gasteiger partial charge on any atom is -0.310 e. The zero-order valence-electron chi connectivity index (χ0n) is 11.8. The second-order valence-corrected chi connectivity index (χ2v) is 6.32. The summed E-state index contributed by atoms with van der Waals surface area (Å²) >= 11 is 0. The van der Waals surface area contributed by atoms with Crippen LogP contribution in [0.2, 0.25) is 0 Å². The van der Waals surface area contributed by atoms with Gasteiger partial charge in [0.15, 0.2) is 0 Å². The van der Waals surface area contributed by atoms with Gasteiger partial charge in [-0.05, 0) is 59.3 Å². The van der Waals surface area contributed by atoms with Gasteiger partial charge in [0.25, 0.3) is 0 Å². The fourth-order valence-corrected chi connectivity index (χ4v) is 3.28. The van der Waals surface area contributed by atoms with Crippen LogP contribution in [0.15, 0.2) is 0 Å². The molecule has 17 heavy (non-hydrogen) atoms. The number of nitrogens with one attached hydrogen (secondary N) is 1. The number of piperidine rings is 1. The highest BCUT2D eigenvalue weighted by Crippen LogP contribution is 2.20. The maximum absolute atomic E-state index is 3.66. The monoisotopic (exact) mass is 239 g/mol. The molecule has 0 aliphatic carbocycles. The molecular weight excluding hydrogens is 210 g/mol. The van der Waals surface area contributed by atoms with Crippen LogP contribution in [0.5, 0.6) is 0 Å². The maximum Gasteiger partial charge on any atom is 0.0252 e. The summed E-state index contributed by atoms with van der Waals surface area (Å²) in [5.74, 6) is 0. The number of likely N-dealkylation sites (tertiary alicyclic amines) is 1. The Morgan fingerprint density at radius 1 is 1.24 bits per heavy atom. The Morgan fingerprint density at radius 2 is 2.06 bits per heavy atom. The van der Waals surface area contributed by atoms with Crippen molar-refractivity contribution in [3.8, 4) is 0 Å². The molecule has 1 atom stereocenters. The zero-order chi connectivity index (χ0) is 12.3. The lowest BCUT2D eigenvalue weighted by Gasteiger charge is -2.41. The van der Waals surface area contributed by atoms with Crippen LogP contribution >= 0.6 is 0 Å². The molecule has 0 spiro atoms. The highest BCUT2D eigenvalue weighted by atomic mass is 15.3. The van der Waals surface area contributed by atoms with E-state index in [-0.39, 0.29) is 5.54 Å². The van der Waals surface area contributed by atoms with E-state index in [0.29, 0.717) is 0 Å². The molecule has 0 aromatic heterocycles. The number of nitrogens with zero attached hydrogens (tertiary/aromatic N) is 2. The Hall–Kier alpha value is -0.120. The SMILES string of the molecule is CCN1CCCC(N2CCCNC(C)(C)C2)C1. The normalized spacial score (nSPS) is 32.3. The van der Waals surface area contributed by atoms with Crippen LogP contribution in [0.4, 0.5) is 0 Å². The van der Waals surface area contributed by atoms with Crippen LogP contribution in [-0.4, -0.2) is 60.6 Å². The molecule has 3 nitrogen and oxygen atoms in total. The minimum absolute atomic E-state index is 0.283. The number of rotatable bonds is 2. The lowest BCUT2D eigenvalue weighted by Crippen LogP contribution is -2.53. The van der Waals surface area contributed by atoms with Crippen molar-refractivity contribution in [1.29, 1.82) is 0 Å². The van der Waals surface area contributed by atoms with E-state index in [1.165, 1.54) is 58.5 Å². The third kappa shape index (κ3) is 3.67. The van der Waals surface area contributed by atoms with Crippen LogP contribution < -0.4 is 5.32 Å². The second-order valence-electron chi connectivity index (χ2n) is 6.32. The average molecular weight is 239 g/mol. The third-order valence-corrected chi connectivity index (χ3v) is 4.27. The van der Waals surface area contributed by atoms with Gasteiger partial charge in [0.05, 0.1) is 0 Å². The van der Waals surface area contributed by atoms with Crippen molar-refractivity contribution in [2.75, 3.05) is 39.3 Å². The Morgan fingerprint density at radius 3 is 2.82 bits per heavy atom. The molecule has 2 saturated heterocycles. The van der Waals surface area contributed by atoms with Crippen LogP contribution in [0.3, 0.4) is 0 Å². The standard InChI is InChI=1S/C14H29N3/c1-4-16-9-5-7-13(11-16)17-10-6-8-15-14(2,3)12-17/h13,15H,4-12H2,1-3H3. The predicted molar refractivity (Wildman–Crippen MR) is 73.4 cm³/mol. The highest BCUT2D eigenvalue weighted by molar-refractivity contribution is 4.89. The Balaban J connectivity index is 1.95. The lowest BCUT2D eigenvalue weighted by atomic mass is 10.00. The number of hydrogen-bond donors (Lipinski definition) is 1. The average Bonchev–Trinajstić information content (AvgIpc) is 2.50. The van der Waals surface area contributed by atoms with E-state index in [1.807, 2.05) is 0 Å². The first-order valence-corrected chi connectivity index (χ1v) is 7.32. The minimum atomic E-state index is 0.283. The summed E-state index contributed by atoms with van der Waals surface area (Å²) in [6.07, 6.45) is 4.07. The van der Waals surface area contributed by atoms with Gasteiger partial charge >= 0.3 is 0 Å². The van der Waals surface area contributed by atoms with E-state index in [1.54, 1.807) is 0 Å². The molecule has 2 fully saturated rings. The quantitative estimate of drug-likeness (QED) is 0.789. The number of hydrogen-bond acceptors (Lipinski definition) is 3. The smallest absolute Gasteiger partial charge is 0.0252 e. The summed E-state index contributed by atoms with van der Waals surface area (Å²) in [5.41, 5.74) is 0.283. The summed E-state index contributed by atoms with van der Waals surface area (Å²) in [6, 6.07) is 0.794. The zero-order valence-corrected chi connectivity index (χ0v) is 11.8. The highest BCUT2D eigenvalue weighted by Gasteiger charge is 2.30. The lowest BCUT2D eigenvalue weighted by molar-refractivity contribution is 0.0896. The van der Waals surface area contributed by atoms with E-state index in [2.05, 4.69) is 35.9 Å². The van der Waals surface area contributed by atoms with Crippen LogP contribution in [-0.2, 0) is 0 Å². The van der Waals surface area contributed by atoms with Gasteiger partial charge in [0.1, 0.15) is 0 Å². The van der Waals surface area contributed by atoms with Gasteiger partial charge in [0.2, 0.25) is 0 Å².